The van der Waals surface area contributed by atoms with Gasteiger partial charge in [0.25, 0.3) is 0 Å². The molecule has 0 bridgehead atoms. The summed E-state index contributed by atoms with van der Waals surface area (Å²) in [6.07, 6.45) is 1.17. The van der Waals surface area contributed by atoms with Crippen LogP contribution in [0.3, 0.4) is 0 Å². The van der Waals surface area contributed by atoms with Crippen LogP contribution >= 0.6 is 0 Å². The van der Waals surface area contributed by atoms with Crippen molar-refractivity contribution in [2.75, 3.05) is 17.2 Å². The number of rotatable bonds is 0. The van der Waals surface area contributed by atoms with Gasteiger partial charge in [-0.15, -0.1) is 0 Å². The molecule has 1 unspecified atom stereocenters. The molecule has 1 aromatic rings. The van der Waals surface area contributed by atoms with Crippen molar-refractivity contribution in [3.8, 4) is 0 Å². The topological polar surface area (TPSA) is 24.1 Å². The van der Waals surface area contributed by atoms with Gasteiger partial charge in [0.05, 0.1) is 11.4 Å². The van der Waals surface area contributed by atoms with Crippen LogP contribution in [0, 0.1) is 6.92 Å². The third-order valence-electron chi connectivity index (χ3n) is 2.55. The highest BCUT2D eigenvalue weighted by molar-refractivity contribution is 5.73. The molecule has 2 rings (SSSR count). The maximum absolute atomic E-state index is 3.50. The number of fused-ring (bicyclic) bond motifs is 1. The van der Waals surface area contributed by atoms with Crippen LogP contribution in [0.15, 0.2) is 18.2 Å². The predicted octanol–water partition coefficient (Wildman–Crippen LogP) is 2.61. The van der Waals surface area contributed by atoms with E-state index >= 15 is 0 Å². The molecule has 1 aromatic carbocycles. The summed E-state index contributed by atoms with van der Waals surface area (Å²) >= 11 is 0. The molecule has 1 heterocycles. The van der Waals surface area contributed by atoms with Crippen LogP contribution < -0.4 is 10.6 Å². The Bertz CT molecular complexity index is 307. The third kappa shape index (κ3) is 1.62. The molecule has 1 atom stereocenters. The van der Waals surface area contributed by atoms with Gasteiger partial charge in [-0.1, -0.05) is 12.1 Å². The zero-order valence-corrected chi connectivity index (χ0v) is 8.22. The number of nitrogens with one attached hydrogen (secondary N) is 2. The Morgan fingerprint density at radius 3 is 3.08 bits per heavy atom. The van der Waals surface area contributed by atoms with Gasteiger partial charge in [-0.3, -0.25) is 0 Å². The van der Waals surface area contributed by atoms with Gasteiger partial charge < -0.3 is 10.6 Å². The van der Waals surface area contributed by atoms with E-state index in [0.717, 1.165) is 6.54 Å². The average molecular weight is 176 g/mol. The summed E-state index contributed by atoms with van der Waals surface area (Å²) in [6, 6.07) is 6.94. The highest BCUT2D eigenvalue weighted by Gasteiger charge is 2.11. The van der Waals surface area contributed by atoms with Crippen molar-refractivity contribution in [3.05, 3.63) is 23.8 Å². The van der Waals surface area contributed by atoms with Crippen LogP contribution in [0.2, 0.25) is 0 Å². The van der Waals surface area contributed by atoms with Crippen molar-refractivity contribution < 1.29 is 0 Å². The molecule has 1 aliphatic rings. The standard InChI is InChI=1S/C11H16N2/c1-8-4-3-5-10-11(8)12-7-6-9(2)13-10/h3-5,9,12-13H,6-7H2,1-2H3. The Hall–Kier alpha value is -1.18. The molecule has 0 fully saturated rings. The second-order valence-electron chi connectivity index (χ2n) is 3.76. The van der Waals surface area contributed by atoms with Crippen LogP contribution in [0.4, 0.5) is 11.4 Å². The molecule has 0 radical (unpaired) electrons. The Balaban J connectivity index is 2.39. The summed E-state index contributed by atoms with van der Waals surface area (Å²) in [5.41, 5.74) is 3.83. The summed E-state index contributed by atoms with van der Waals surface area (Å²) < 4.78 is 0. The van der Waals surface area contributed by atoms with Gasteiger partial charge in [0, 0.05) is 12.6 Å². The molecule has 0 spiro atoms. The van der Waals surface area contributed by atoms with Crippen LogP contribution in [-0.2, 0) is 0 Å². The molecule has 2 N–H and O–H groups in total. The molecule has 0 aliphatic carbocycles. The van der Waals surface area contributed by atoms with Crippen molar-refractivity contribution in [1.82, 2.24) is 0 Å². The van der Waals surface area contributed by atoms with E-state index < -0.39 is 0 Å². The fourth-order valence-corrected chi connectivity index (χ4v) is 1.77. The lowest BCUT2D eigenvalue weighted by Gasteiger charge is -2.13. The number of aryl methyl sites for hydroxylation is 1. The number of para-hydroxylation sites is 1. The molecular weight excluding hydrogens is 160 g/mol. The minimum absolute atomic E-state index is 0.565. The first-order chi connectivity index (χ1) is 6.27. The largest absolute Gasteiger partial charge is 0.383 e. The Kier molecular flexibility index (Phi) is 2.13. The maximum atomic E-state index is 3.50. The Labute approximate surface area is 79.4 Å². The first-order valence-corrected chi connectivity index (χ1v) is 4.87. The normalized spacial score (nSPS) is 20.9. The van der Waals surface area contributed by atoms with Crippen molar-refractivity contribution in [3.63, 3.8) is 0 Å². The van der Waals surface area contributed by atoms with Crippen LogP contribution in [0.1, 0.15) is 18.9 Å². The lowest BCUT2D eigenvalue weighted by molar-refractivity contribution is 0.745. The van der Waals surface area contributed by atoms with Gasteiger partial charge in [-0.2, -0.15) is 0 Å². The van der Waals surface area contributed by atoms with E-state index in [1.165, 1.54) is 23.4 Å². The van der Waals surface area contributed by atoms with Crippen molar-refractivity contribution in [2.45, 2.75) is 26.3 Å². The summed E-state index contributed by atoms with van der Waals surface area (Å²) in [5.74, 6) is 0. The number of hydrogen-bond acceptors (Lipinski definition) is 2. The fourth-order valence-electron chi connectivity index (χ4n) is 1.77. The summed E-state index contributed by atoms with van der Waals surface area (Å²) in [6.45, 7) is 5.43. The molecule has 0 amide bonds. The number of hydrogen-bond donors (Lipinski definition) is 2. The summed E-state index contributed by atoms with van der Waals surface area (Å²) in [7, 11) is 0. The molecule has 1 aliphatic heterocycles. The van der Waals surface area contributed by atoms with E-state index in [2.05, 4.69) is 42.7 Å². The highest BCUT2D eigenvalue weighted by Crippen LogP contribution is 2.28. The minimum atomic E-state index is 0.565. The first kappa shape index (κ1) is 8.42. The average Bonchev–Trinajstić information content (AvgIpc) is 2.27. The lowest BCUT2D eigenvalue weighted by atomic mass is 10.1. The van der Waals surface area contributed by atoms with E-state index in [1.54, 1.807) is 0 Å². The summed E-state index contributed by atoms with van der Waals surface area (Å²) in [5, 5.41) is 6.96. The van der Waals surface area contributed by atoms with Gasteiger partial charge >= 0.3 is 0 Å². The van der Waals surface area contributed by atoms with Crippen LogP contribution in [0.25, 0.3) is 0 Å². The zero-order chi connectivity index (χ0) is 9.26. The number of benzene rings is 1. The Morgan fingerprint density at radius 2 is 2.23 bits per heavy atom. The highest BCUT2D eigenvalue weighted by atomic mass is 15.0. The molecule has 0 saturated carbocycles. The van der Waals surface area contributed by atoms with Crippen LogP contribution in [-0.4, -0.2) is 12.6 Å². The van der Waals surface area contributed by atoms with E-state index in [9.17, 15) is 0 Å². The third-order valence-corrected chi connectivity index (χ3v) is 2.55. The fraction of sp³-hybridized carbons (Fsp3) is 0.455. The van der Waals surface area contributed by atoms with Crippen molar-refractivity contribution in [2.24, 2.45) is 0 Å². The van der Waals surface area contributed by atoms with E-state index in [-0.39, 0.29) is 0 Å². The molecule has 0 aromatic heterocycles. The quantitative estimate of drug-likeness (QED) is 0.635. The smallest absolute Gasteiger partial charge is 0.0605 e. The molecule has 70 valence electrons. The van der Waals surface area contributed by atoms with Crippen LogP contribution in [0.5, 0.6) is 0 Å². The second-order valence-corrected chi connectivity index (χ2v) is 3.76. The van der Waals surface area contributed by atoms with Gasteiger partial charge in [0.15, 0.2) is 0 Å². The van der Waals surface area contributed by atoms with Gasteiger partial charge in [-0.05, 0) is 31.9 Å². The minimum Gasteiger partial charge on any atom is -0.383 e. The van der Waals surface area contributed by atoms with Gasteiger partial charge in [-0.25, -0.2) is 0 Å². The monoisotopic (exact) mass is 176 g/mol. The molecule has 2 heteroatoms. The van der Waals surface area contributed by atoms with Crippen molar-refractivity contribution >= 4 is 11.4 Å². The number of anilines is 2. The molecular formula is C11H16N2. The predicted molar refractivity (Wildman–Crippen MR) is 57.4 cm³/mol. The molecule has 2 nitrogen and oxygen atoms in total. The second kappa shape index (κ2) is 3.29. The van der Waals surface area contributed by atoms with Gasteiger partial charge in [0.2, 0.25) is 0 Å². The lowest BCUT2D eigenvalue weighted by Crippen LogP contribution is -2.14. The summed E-state index contributed by atoms with van der Waals surface area (Å²) in [4.78, 5) is 0. The van der Waals surface area contributed by atoms with Crippen molar-refractivity contribution in [1.29, 1.82) is 0 Å². The van der Waals surface area contributed by atoms with Gasteiger partial charge in [0.1, 0.15) is 0 Å². The Morgan fingerprint density at radius 1 is 1.38 bits per heavy atom. The van der Waals surface area contributed by atoms with E-state index in [1.807, 2.05) is 0 Å². The first-order valence-electron chi connectivity index (χ1n) is 4.87. The molecule has 0 saturated heterocycles. The SMILES string of the molecule is Cc1cccc2c1NCCC(C)N2. The molecule has 13 heavy (non-hydrogen) atoms. The maximum Gasteiger partial charge on any atom is 0.0605 e. The zero-order valence-electron chi connectivity index (χ0n) is 8.22. The van der Waals surface area contributed by atoms with E-state index in [0.29, 0.717) is 6.04 Å². The van der Waals surface area contributed by atoms with E-state index in [4.69, 9.17) is 0 Å².